The van der Waals surface area contributed by atoms with Gasteiger partial charge in [-0.05, 0) is 36.2 Å². The van der Waals surface area contributed by atoms with Gasteiger partial charge < -0.3 is 31.9 Å². The van der Waals surface area contributed by atoms with Crippen molar-refractivity contribution in [2.24, 2.45) is 23.5 Å². The van der Waals surface area contributed by atoms with E-state index in [1.54, 1.807) is 26.0 Å². The van der Waals surface area contributed by atoms with Crippen LogP contribution in [-0.2, 0) is 20.8 Å². The van der Waals surface area contributed by atoms with Gasteiger partial charge in [0.1, 0.15) is 12.1 Å². The van der Waals surface area contributed by atoms with Crippen LogP contribution in [0.4, 0.5) is 0 Å². The molecule has 2 amide bonds. The molecule has 0 aromatic heterocycles. The van der Waals surface area contributed by atoms with Crippen LogP contribution in [0.15, 0.2) is 30.3 Å². The molecule has 0 bridgehead atoms. The maximum Gasteiger partial charge on any atom is 0.326 e. The second kappa shape index (κ2) is 15.6. The molecule has 0 saturated heterocycles. The van der Waals surface area contributed by atoms with Gasteiger partial charge >= 0.3 is 5.97 Å². The van der Waals surface area contributed by atoms with E-state index >= 15 is 0 Å². The highest BCUT2D eigenvalue weighted by atomic mass is 16.4. The molecule has 0 radical (unpaired) electrons. The highest BCUT2D eigenvalue weighted by Gasteiger charge is 2.31. The van der Waals surface area contributed by atoms with Gasteiger partial charge in [0.2, 0.25) is 11.8 Å². The van der Waals surface area contributed by atoms with Crippen LogP contribution in [0.3, 0.4) is 0 Å². The average Bonchev–Trinajstić information content (AvgIpc) is 2.78. The zero-order valence-electron chi connectivity index (χ0n) is 22.5. The van der Waals surface area contributed by atoms with E-state index in [1.165, 1.54) is 0 Å². The number of carboxylic acid groups (broad SMARTS) is 1. The second-order valence-corrected chi connectivity index (χ2v) is 10.8. The maximum absolute atomic E-state index is 13.2. The molecule has 0 aliphatic rings. The summed E-state index contributed by atoms with van der Waals surface area (Å²) in [5, 5.41) is 28.6. The predicted octanol–water partition coefficient (Wildman–Crippen LogP) is 1.68. The highest BCUT2D eigenvalue weighted by Crippen LogP contribution is 2.11. The molecule has 0 fully saturated rings. The minimum Gasteiger partial charge on any atom is -0.480 e. The number of aliphatic hydroxyl groups excluding tert-OH is 1. The molecule has 1 aromatic rings. The summed E-state index contributed by atoms with van der Waals surface area (Å²) < 4.78 is 0. The molecule has 36 heavy (non-hydrogen) atoms. The summed E-state index contributed by atoms with van der Waals surface area (Å²) in [6.07, 6.45) is 0.476. The fraction of sp³-hybridized carbons (Fsp3) is 0.667. The molecule has 1 rings (SSSR count). The molecular formula is C27H46N4O5. The Morgan fingerprint density at radius 3 is 1.94 bits per heavy atom. The number of benzene rings is 1. The number of hydrogen-bond acceptors (Lipinski definition) is 6. The number of carbonyl (C=O) groups is 3. The zero-order chi connectivity index (χ0) is 27.4. The number of aliphatic hydroxyl groups is 1. The first-order chi connectivity index (χ1) is 16.8. The van der Waals surface area contributed by atoms with Crippen LogP contribution in [0.5, 0.6) is 0 Å². The Morgan fingerprint density at radius 1 is 0.861 bits per heavy atom. The average molecular weight is 507 g/mol. The number of carboxylic acids is 1. The van der Waals surface area contributed by atoms with Crippen LogP contribution in [0.1, 0.15) is 59.9 Å². The lowest BCUT2D eigenvalue weighted by Crippen LogP contribution is -2.58. The van der Waals surface area contributed by atoms with Crippen molar-refractivity contribution in [1.82, 2.24) is 16.0 Å². The van der Waals surface area contributed by atoms with Crippen molar-refractivity contribution >= 4 is 17.8 Å². The van der Waals surface area contributed by atoms with E-state index in [4.69, 9.17) is 5.73 Å². The van der Waals surface area contributed by atoms with Gasteiger partial charge in [0.15, 0.2) is 0 Å². The van der Waals surface area contributed by atoms with Crippen molar-refractivity contribution in [2.75, 3.05) is 6.54 Å². The van der Waals surface area contributed by atoms with E-state index in [0.29, 0.717) is 18.8 Å². The quantitative estimate of drug-likeness (QED) is 0.199. The van der Waals surface area contributed by atoms with Crippen LogP contribution >= 0.6 is 0 Å². The van der Waals surface area contributed by atoms with Gasteiger partial charge in [-0.2, -0.15) is 0 Å². The number of nitrogens with two attached hydrogens (primary N) is 1. The molecule has 0 saturated carbocycles. The van der Waals surface area contributed by atoms with Crippen molar-refractivity contribution in [1.29, 1.82) is 0 Å². The summed E-state index contributed by atoms with van der Waals surface area (Å²) in [7, 11) is 0. The van der Waals surface area contributed by atoms with Crippen molar-refractivity contribution in [3.63, 3.8) is 0 Å². The van der Waals surface area contributed by atoms with E-state index in [1.807, 2.05) is 45.9 Å². The number of nitrogens with one attached hydrogen (secondary N) is 3. The molecule has 0 aliphatic carbocycles. The van der Waals surface area contributed by atoms with Crippen LogP contribution in [0.2, 0.25) is 0 Å². The van der Waals surface area contributed by atoms with E-state index < -0.39 is 42.1 Å². The third-order valence-corrected chi connectivity index (χ3v) is 5.98. The molecule has 5 atom stereocenters. The van der Waals surface area contributed by atoms with E-state index in [2.05, 4.69) is 16.0 Å². The lowest BCUT2D eigenvalue weighted by molar-refractivity contribution is -0.142. The molecule has 204 valence electrons. The van der Waals surface area contributed by atoms with E-state index in [0.717, 1.165) is 5.56 Å². The van der Waals surface area contributed by atoms with Crippen molar-refractivity contribution < 1.29 is 24.6 Å². The van der Waals surface area contributed by atoms with Crippen LogP contribution in [-0.4, -0.2) is 64.8 Å². The Balaban J connectivity index is 2.88. The molecule has 0 spiro atoms. The van der Waals surface area contributed by atoms with Gasteiger partial charge in [-0.1, -0.05) is 71.9 Å². The SMILES string of the molecule is CC(C)C[C@H](NCC(O)[C@@H](N)CC(C)C)C(=O)N[C@H](C(=O)N[C@@H](Cc1ccccc1)C(=O)O)C(C)C. The first kappa shape index (κ1) is 31.5. The predicted molar refractivity (Wildman–Crippen MR) is 141 cm³/mol. The third-order valence-electron chi connectivity index (χ3n) is 5.98. The Hall–Kier alpha value is -2.49. The Labute approximate surface area is 215 Å². The third kappa shape index (κ3) is 11.5. The van der Waals surface area contributed by atoms with E-state index in [9.17, 15) is 24.6 Å². The summed E-state index contributed by atoms with van der Waals surface area (Å²) >= 11 is 0. The summed E-state index contributed by atoms with van der Waals surface area (Å²) in [6.45, 7) is 11.7. The normalized spacial score (nSPS) is 15.9. The molecule has 0 aliphatic heterocycles. The van der Waals surface area contributed by atoms with E-state index in [-0.39, 0.29) is 30.7 Å². The Morgan fingerprint density at radius 2 is 1.44 bits per heavy atom. The molecule has 9 heteroatoms. The maximum atomic E-state index is 13.2. The summed E-state index contributed by atoms with van der Waals surface area (Å²) in [5.74, 6) is -1.83. The van der Waals surface area contributed by atoms with Crippen molar-refractivity contribution in [3.05, 3.63) is 35.9 Å². The molecule has 1 aromatic carbocycles. The summed E-state index contributed by atoms with van der Waals surface area (Å²) in [5.41, 5.74) is 6.86. The summed E-state index contributed by atoms with van der Waals surface area (Å²) in [4.78, 5) is 38.1. The van der Waals surface area contributed by atoms with Crippen LogP contribution in [0.25, 0.3) is 0 Å². The Kier molecular flexibility index (Phi) is 13.7. The number of rotatable bonds is 16. The fourth-order valence-corrected chi connectivity index (χ4v) is 3.97. The number of carbonyl (C=O) groups excluding carboxylic acids is 2. The van der Waals surface area contributed by atoms with Gasteiger partial charge in [-0.15, -0.1) is 0 Å². The minimum atomic E-state index is -1.15. The Bertz CT molecular complexity index is 816. The summed E-state index contributed by atoms with van der Waals surface area (Å²) in [6, 6.07) is 5.96. The molecule has 0 heterocycles. The highest BCUT2D eigenvalue weighted by molar-refractivity contribution is 5.92. The molecule has 7 N–H and O–H groups in total. The largest absolute Gasteiger partial charge is 0.480 e. The zero-order valence-corrected chi connectivity index (χ0v) is 22.5. The van der Waals surface area contributed by atoms with Gasteiger partial charge in [0.05, 0.1) is 12.1 Å². The smallest absolute Gasteiger partial charge is 0.326 e. The van der Waals surface area contributed by atoms with Crippen molar-refractivity contribution in [2.45, 2.75) is 91.1 Å². The minimum absolute atomic E-state index is 0.132. The lowest BCUT2D eigenvalue weighted by Gasteiger charge is -2.28. The monoisotopic (exact) mass is 506 g/mol. The topological polar surface area (TPSA) is 154 Å². The first-order valence-corrected chi connectivity index (χ1v) is 12.9. The molecular weight excluding hydrogens is 460 g/mol. The van der Waals surface area contributed by atoms with Gasteiger partial charge in [0, 0.05) is 19.0 Å². The van der Waals surface area contributed by atoms with Crippen LogP contribution < -0.4 is 21.7 Å². The van der Waals surface area contributed by atoms with Gasteiger partial charge in [-0.25, -0.2) is 4.79 Å². The van der Waals surface area contributed by atoms with Gasteiger partial charge in [0.25, 0.3) is 0 Å². The first-order valence-electron chi connectivity index (χ1n) is 12.9. The molecule has 1 unspecified atom stereocenters. The second-order valence-electron chi connectivity index (χ2n) is 10.8. The van der Waals surface area contributed by atoms with Crippen LogP contribution in [0, 0.1) is 17.8 Å². The van der Waals surface area contributed by atoms with Gasteiger partial charge in [-0.3, -0.25) is 9.59 Å². The van der Waals surface area contributed by atoms with Crippen molar-refractivity contribution in [3.8, 4) is 0 Å². The molecule has 9 nitrogen and oxygen atoms in total. The fourth-order valence-electron chi connectivity index (χ4n) is 3.97. The number of amides is 2. The lowest BCUT2D eigenvalue weighted by atomic mass is 9.98. The standard InChI is InChI=1S/C27H46N4O5/c1-16(2)12-20(28)23(32)15-29-21(13-17(3)4)25(33)31-24(18(5)6)26(34)30-22(27(35)36)14-19-10-8-7-9-11-19/h7-11,16-18,20-24,29,32H,12-15,28H2,1-6H3,(H,30,34)(H,31,33)(H,35,36)/t20-,21-,22-,23?,24-/m0/s1. The number of hydrogen-bond donors (Lipinski definition) is 6. The number of aliphatic carboxylic acids is 1.